The minimum Gasteiger partial charge on any atom is -0.507 e. The molecule has 0 amide bonds. The van der Waals surface area contributed by atoms with Gasteiger partial charge in [-0.05, 0) is 76.2 Å². The Morgan fingerprint density at radius 1 is 0.634 bits per heavy atom. The number of aromatic hydroxyl groups is 2. The molecule has 3 aromatic carbocycles. The molecule has 3 rings (SSSR count). The van der Waals surface area contributed by atoms with Crippen LogP contribution in [0, 0.1) is 0 Å². The van der Waals surface area contributed by atoms with E-state index in [1.165, 1.54) is 48.8 Å². The maximum atomic E-state index is 13.2. The molecule has 0 saturated carbocycles. The zero-order chi connectivity index (χ0) is 29.2. The molecule has 0 aliphatic rings. The average Bonchev–Trinajstić information content (AvgIpc) is 2.93. The van der Waals surface area contributed by atoms with Crippen LogP contribution in [0.15, 0.2) is 70.6 Å². The van der Waals surface area contributed by atoms with Gasteiger partial charge in [0.2, 0.25) is 0 Å². The third kappa shape index (κ3) is 9.04. The zero-order valence-corrected chi connectivity index (χ0v) is 27.3. The van der Waals surface area contributed by atoms with Crippen molar-refractivity contribution >= 4 is 49.6 Å². The summed E-state index contributed by atoms with van der Waals surface area (Å²) >= 11 is 0. The van der Waals surface area contributed by atoms with Gasteiger partial charge < -0.3 is 28.3 Å². The van der Waals surface area contributed by atoms with Crippen molar-refractivity contribution in [3.63, 3.8) is 0 Å². The van der Waals surface area contributed by atoms with E-state index < -0.39 is 15.2 Å². The molecule has 224 valence electrons. The number of aliphatic imine (C=N–C) groups is 2. The zero-order valence-electron chi connectivity index (χ0n) is 23.2. The standard InChI is InChI=1S/C28H34N2O8P2.Pt/c1-5-35-39(33,36-6-2)23-13-15-27(31)21(17-23)19-29-25-11-9-10-12-26(25)30-20-22-18-24(14-16-28(22)32)40(34,37-7-3)38-8-4;/h9-20,31-32H,5-8H2,1-4H3;. The fourth-order valence-corrected chi connectivity index (χ4v) is 6.86. The maximum Gasteiger partial charge on any atom is 0.361 e. The second-order valence-corrected chi connectivity index (χ2v) is 12.2. The number of hydrogen-bond acceptors (Lipinski definition) is 10. The summed E-state index contributed by atoms with van der Waals surface area (Å²) in [6.45, 7) is 7.66. The Hall–Kier alpha value is -2.41. The van der Waals surface area contributed by atoms with Crippen LogP contribution in [0.5, 0.6) is 11.5 Å². The smallest absolute Gasteiger partial charge is 0.361 e. The SMILES string of the molecule is CCOP(=O)(OCC)c1ccc(O)c(C=Nc2ccccc2N=Cc2cc(P(=O)(OCC)OCC)ccc2O)c1.[Pt]. The van der Waals surface area contributed by atoms with E-state index in [0.29, 0.717) is 33.1 Å². The second-order valence-electron chi connectivity index (χ2n) is 8.16. The molecule has 10 nitrogen and oxygen atoms in total. The molecule has 0 spiro atoms. The van der Waals surface area contributed by atoms with Crippen LogP contribution in [-0.4, -0.2) is 49.1 Å². The molecule has 0 aliphatic heterocycles. The van der Waals surface area contributed by atoms with Gasteiger partial charge in [0, 0.05) is 44.6 Å². The summed E-state index contributed by atoms with van der Waals surface area (Å²) in [5.41, 5.74) is 1.55. The third-order valence-electron chi connectivity index (χ3n) is 5.42. The van der Waals surface area contributed by atoms with E-state index in [1.54, 1.807) is 52.0 Å². The Morgan fingerprint density at radius 2 is 0.976 bits per heavy atom. The predicted octanol–water partition coefficient (Wildman–Crippen LogP) is 6.38. The largest absolute Gasteiger partial charge is 0.507 e. The predicted molar refractivity (Wildman–Crippen MR) is 158 cm³/mol. The summed E-state index contributed by atoms with van der Waals surface area (Å²) in [4.78, 5) is 8.95. The van der Waals surface area contributed by atoms with E-state index in [9.17, 15) is 19.3 Å². The first kappa shape index (κ1) is 34.8. The number of para-hydroxylation sites is 2. The van der Waals surface area contributed by atoms with Gasteiger partial charge >= 0.3 is 15.2 Å². The van der Waals surface area contributed by atoms with Crippen molar-refractivity contribution in [2.75, 3.05) is 26.4 Å². The van der Waals surface area contributed by atoms with E-state index >= 15 is 0 Å². The molecular weight excluding hydrogens is 749 g/mol. The Labute approximate surface area is 254 Å². The van der Waals surface area contributed by atoms with Crippen LogP contribution in [0.3, 0.4) is 0 Å². The monoisotopic (exact) mass is 783 g/mol. The fraction of sp³-hybridized carbons (Fsp3) is 0.286. The number of rotatable bonds is 14. The number of benzene rings is 3. The maximum absolute atomic E-state index is 13.2. The number of nitrogens with zero attached hydrogens (tertiary/aromatic N) is 2. The van der Waals surface area contributed by atoms with E-state index in [-0.39, 0.29) is 59.0 Å². The van der Waals surface area contributed by atoms with Gasteiger partial charge in [-0.25, -0.2) is 0 Å². The van der Waals surface area contributed by atoms with Crippen LogP contribution < -0.4 is 10.6 Å². The first-order valence-electron chi connectivity index (χ1n) is 12.8. The van der Waals surface area contributed by atoms with Gasteiger partial charge in [0.1, 0.15) is 11.5 Å². The second kappa shape index (κ2) is 16.3. The number of phenols is 2. The normalized spacial score (nSPS) is 12.2. The van der Waals surface area contributed by atoms with Gasteiger partial charge in [0.15, 0.2) is 0 Å². The molecule has 0 atom stereocenters. The Bertz CT molecular complexity index is 1340. The van der Waals surface area contributed by atoms with Gasteiger partial charge in [-0.15, -0.1) is 0 Å². The van der Waals surface area contributed by atoms with Crippen molar-refractivity contribution in [1.82, 2.24) is 0 Å². The Balaban J connectivity index is 0.00000588. The first-order chi connectivity index (χ1) is 19.2. The van der Waals surface area contributed by atoms with E-state index in [0.717, 1.165) is 0 Å². The van der Waals surface area contributed by atoms with Crippen LogP contribution in [0.2, 0.25) is 0 Å². The molecule has 0 saturated heterocycles. The topological polar surface area (TPSA) is 136 Å². The number of phenolic OH excluding ortho intramolecular Hbond substituents is 2. The van der Waals surface area contributed by atoms with Gasteiger partial charge in [-0.3, -0.25) is 19.1 Å². The van der Waals surface area contributed by atoms with Crippen LogP contribution in [-0.2, 0) is 48.3 Å². The first-order valence-corrected chi connectivity index (χ1v) is 15.9. The minimum atomic E-state index is -3.56. The van der Waals surface area contributed by atoms with E-state index in [1.807, 2.05) is 0 Å². The van der Waals surface area contributed by atoms with Gasteiger partial charge in [-0.1, -0.05) is 12.1 Å². The van der Waals surface area contributed by atoms with E-state index in [4.69, 9.17) is 18.1 Å². The summed E-state index contributed by atoms with van der Waals surface area (Å²) in [7, 11) is -7.11. The van der Waals surface area contributed by atoms with Crippen molar-refractivity contribution in [2.24, 2.45) is 9.98 Å². The van der Waals surface area contributed by atoms with Crippen molar-refractivity contribution in [2.45, 2.75) is 27.7 Å². The molecule has 13 heteroatoms. The number of hydrogen-bond donors (Lipinski definition) is 2. The van der Waals surface area contributed by atoms with Crippen molar-refractivity contribution in [3.8, 4) is 11.5 Å². The summed E-state index contributed by atoms with van der Waals surface area (Å²) in [5, 5.41) is 21.4. The molecule has 2 N–H and O–H groups in total. The molecule has 0 aliphatic carbocycles. The van der Waals surface area contributed by atoms with Crippen LogP contribution in [0.4, 0.5) is 11.4 Å². The minimum absolute atomic E-state index is 0. The Morgan fingerprint density at radius 3 is 1.29 bits per heavy atom. The molecule has 3 aromatic rings. The van der Waals surface area contributed by atoms with Gasteiger partial charge in [0.05, 0.1) is 48.4 Å². The average molecular weight is 784 g/mol. The van der Waals surface area contributed by atoms with Crippen LogP contribution in [0.25, 0.3) is 0 Å². The third-order valence-corrected chi connectivity index (χ3v) is 9.63. The fourth-order valence-electron chi connectivity index (χ4n) is 3.64. The molecule has 0 radical (unpaired) electrons. The summed E-state index contributed by atoms with van der Waals surface area (Å²) < 4.78 is 48.0. The summed E-state index contributed by atoms with van der Waals surface area (Å²) in [6.07, 6.45) is 2.85. The molecule has 0 unspecified atom stereocenters. The molecule has 0 bridgehead atoms. The summed E-state index contributed by atoms with van der Waals surface area (Å²) in [5.74, 6) is -0.134. The van der Waals surface area contributed by atoms with Crippen molar-refractivity contribution < 1.29 is 58.5 Å². The Kier molecular flexibility index (Phi) is 13.8. The van der Waals surface area contributed by atoms with E-state index in [2.05, 4.69) is 9.98 Å². The molecule has 0 heterocycles. The molecular formula is C28H34N2O8P2Pt. The van der Waals surface area contributed by atoms with Crippen LogP contribution in [0.1, 0.15) is 38.8 Å². The molecule has 0 aromatic heterocycles. The molecule has 41 heavy (non-hydrogen) atoms. The van der Waals surface area contributed by atoms with Crippen LogP contribution >= 0.6 is 15.2 Å². The van der Waals surface area contributed by atoms with Crippen molar-refractivity contribution in [1.29, 1.82) is 0 Å². The quantitative estimate of drug-likeness (QED) is 0.142. The summed E-state index contributed by atoms with van der Waals surface area (Å²) in [6, 6.07) is 15.8. The molecule has 0 fully saturated rings. The van der Waals surface area contributed by atoms with Gasteiger partial charge in [0.25, 0.3) is 0 Å². The van der Waals surface area contributed by atoms with Crippen molar-refractivity contribution in [3.05, 3.63) is 71.8 Å². The van der Waals surface area contributed by atoms with Gasteiger partial charge in [-0.2, -0.15) is 0 Å².